The summed E-state index contributed by atoms with van der Waals surface area (Å²) in [5, 5.41) is 0.900. The van der Waals surface area contributed by atoms with E-state index in [-0.39, 0.29) is 5.56 Å². The molecule has 2 heterocycles. The van der Waals surface area contributed by atoms with Gasteiger partial charge in [0.05, 0.1) is 6.54 Å². The van der Waals surface area contributed by atoms with Crippen molar-refractivity contribution in [2.24, 2.45) is 5.92 Å². The van der Waals surface area contributed by atoms with Crippen LogP contribution < -0.4 is 5.56 Å². The number of aromatic nitrogens is 2. The first-order valence-electron chi connectivity index (χ1n) is 8.26. The second-order valence-corrected chi connectivity index (χ2v) is 6.84. The summed E-state index contributed by atoms with van der Waals surface area (Å²) in [4.78, 5) is 22.4. The van der Waals surface area contributed by atoms with Gasteiger partial charge in [0.1, 0.15) is 16.9 Å². The molecule has 0 aliphatic heterocycles. The molecule has 120 valence electrons. The van der Waals surface area contributed by atoms with Gasteiger partial charge in [-0.05, 0) is 30.9 Å². The number of para-hydroxylation sites is 1. The molecule has 4 rings (SSSR count). The molecule has 3 aromatic rings. The van der Waals surface area contributed by atoms with Crippen molar-refractivity contribution in [3.05, 3.63) is 40.4 Å². The third kappa shape index (κ3) is 2.77. The van der Waals surface area contributed by atoms with Gasteiger partial charge < -0.3 is 9.40 Å². The molecule has 5 heteroatoms. The summed E-state index contributed by atoms with van der Waals surface area (Å²) in [6, 6.07) is 8.29. The van der Waals surface area contributed by atoms with Crippen LogP contribution in [0.15, 0.2) is 33.5 Å². The molecule has 0 saturated heterocycles. The molecule has 5 nitrogen and oxygen atoms in total. The van der Waals surface area contributed by atoms with E-state index in [0.29, 0.717) is 35.2 Å². The molecule has 0 spiro atoms. The van der Waals surface area contributed by atoms with Gasteiger partial charge in [-0.3, -0.25) is 9.69 Å². The molecular weight excluding hydrogens is 290 g/mol. The zero-order valence-corrected chi connectivity index (χ0v) is 13.5. The summed E-state index contributed by atoms with van der Waals surface area (Å²) < 4.78 is 5.65. The Morgan fingerprint density at radius 2 is 2.13 bits per heavy atom. The Kier molecular flexibility index (Phi) is 3.45. The lowest BCUT2D eigenvalue weighted by molar-refractivity contribution is 0.221. The normalized spacial score (nSPS) is 15.3. The van der Waals surface area contributed by atoms with Crippen LogP contribution in [0.4, 0.5) is 0 Å². The molecule has 0 bridgehead atoms. The van der Waals surface area contributed by atoms with Crippen LogP contribution in [0, 0.1) is 5.92 Å². The van der Waals surface area contributed by atoms with Gasteiger partial charge in [0.15, 0.2) is 0 Å². The Balaban J connectivity index is 1.75. The Labute approximate surface area is 134 Å². The van der Waals surface area contributed by atoms with Crippen molar-refractivity contribution >= 4 is 22.1 Å². The van der Waals surface area contributed by atoms with E-state index in [9.17, 15) is 4.79 Å². The summed E-state index contributed by atoms with van der Waals surface area (Å²) in [7, 11) is 0. The van der Waals surface area contributed by atoms with E-state index >= 15 is 0 Å². The topological polar surface area (TPSA) is 62.1 Å². The summed E-state index contributed by atoms with van der Waals surface area (Å²) >= 11 is 0. The lowest BCUT2D eigenvalue weighted by Crippen LogP contribution is -2.31. The highest BCUT2D eigenvalue weighted by atomic mass is 16.3. The van der Waals surface area contributed by atoms with Crippen LogP contribution in [0.5, 0.6) is 0 Å². The maximum Gasteiger partial charge on any atom is 0.294 e. The Morgan fingerprint density at radius 3 is 2.87 bits per heavy atom. The molecule has 1 aromatic carbocycles. The molecule has 2 aromatic heterocycles. The standard InChI is InChI=1S/C18H21N3O2/c1-11(2)9-21(12-7-8-12)10-15-19-16-13-5-3-4-6-14(13)23-17(16)18(22)20-15/h3-6,11-12H,7-10H2,1-2H3,(H,19,20,22). The van der Waals surface area contributed by atoms with E-state index < -0.39 is 0 Å². The lowest BCUT2D eigenvalue weighted by Gasteiger charge is -2.23. The number of H-pyrrole nitrogens is 1. The number of hydrogen-bond acceptors (Lipinski definition) is 4. The van der Waals surface area contributed by atoms with Gasteiger partial charge in [0.25, 0.3) is 5.56 Å². The quantitative estimate of drug-likeness (QED) is 0.785. The van der Waals surface area contributed by atoms with Crippen LogP contribution in [-0.2, 0) is 6.54 Å². The van der Waals surface area contributed by atoms with Gasteiger partial charge in [-0.2, -0.15) is 0 Å². The molecule has 23 heavy (non-hydrogen) atoms. The summed E-state index contributed by atoms with van der Waals surface area (Å²) in [5.41, 5.74) is 1.50. The van der Waals surface area contributed by atoms with E-state index in [0.717, 1.165) is 17.8 Å². The largest absolute Gasteiger partial charge is 0.449 e. The number of nitrogens with one attached hydrogen (secondary N) is 1. The predicted molar refractivity (Wildman–Crippen MR) is 90.4 cm³/mol. The van der Waals surface area contributed by atoms with Crippen molar-refractivity contribution in [1.29, 1.82) is 0 Å². The first kappa shape index (κ1) is 14.5. The van der Waals surface area contributed by atoms with Crippen LogP contribution in [0.3, 0.4) is 0 Å². The van der Waals surface area contributed by atoms with E-state index in [1.807, 2.05) is 24.3 Å². The molecule has 0 atom stereocenters. The third-order valence-electron chi connectivity index (χ3n) is 4.30. The zero-order chi connectivity index (χ0) is 16.0. The van der Waals surface area contributed by atoms with E-state index in [1.54, 1.807) is 0 Å². The number of rotatable bonds is 5. The summed E-state index contributed by atoms with van der Waals surface area (Å²) in [6.45, 7) is 6.16. The van der Waals surface area contributed by atoms with Crippen LogP contribution in [-0.4, -0.2) is 27.5 Å². The molecule has 1 saturated carbocycles. The molecule has 1 aliphatic carbocycles. The minimum absolute atomic E-state index is 0.193. The van der Waals surface area contributed by atoms with E-state index in [2.05, 4.69) is 23.7 Å². The van der Waals surface area contributed by atoms with Gasteiger partial charge in [-0.1, -0.05) is 26.0 Å². The number of benzene rings is 1. The van der Waals surface area contributed by atoms with Crippen LogP contribution in [0.2, 0.25) is 0 Å². The van der Waals surface area contributed by atoms with E-state index in [1.165, 1.54) is 12.8 Å². The fourth-order valence-corrected chi connectivity index (χ4v) is 3.17. The van der Waals surface area contributed by atoms with Gasteiger partial charge in [-0.15, -0.1) is 0 Å². The smallest absolute Gasteiger partial charge is 0.294 e. The third-order valence-corrected chi connectivity index (χ3v) is 4.30. The average Bonchev–Trinajstić information content (AvgIpc) is 3.28. The number of furan rings is 1. The number of aromatic amines is 1. The van der Waals surface area contributed by atoms with Gasteiger partial charge in [-0.25, -0.2) is 4.98 Å². The van der Waals surface area contributed by atoms with Gasteiger partial charge >= 0.3 is 0 Å². The Hall–Kier alpha value is -2.14. The lowest BCUT2D eigenvalue weighted by atomic mass is 10.2. The van der Waals surface area contributed by atoms with Crippen molar-refractivity contribution < 1.29 is 4.42 Å². The molecule has 0 amide bonds. The fourth-order valence-electron chi connectivity index (χ4n) is 3.17. The molecule has 0 unspecified atom stereocenters. The Bertz CT molecular complexity index is 905. The highest BCUT2D eigenvalue weighted by molar-refractivity contribution is 6.01. The predicted octanol–water partition coefficient (Wildman–Crippen LogP) is 3.29. The molecule has 1 N–H and O–H groups in total. The SMILES string of the molecule is CC(C)CN(Cc1nc2c(oc3ccccc32)c(=O)[nH]1)C1CC1. The van der Waals surface area contributed by atoms with Gasteiger partial charge in [0.2, 0.25) is 5.58 Å². The van der Waals surface area contributed by atoms with Crippen molar-refractivity contribution in [1.82, 2.24) is 14.9 Å². The van der Waals surface area contributed by atoms with Gasteiger partial charge in [0, 0.05) is 18.0 Å². The number of hydrogen-bond donors (Lipinski definition) is 1. The maximum absolute atomic E-state index is 12.4. The van der Waals surface area contributed by atoms with Crippen molar-refractivity contribution in [2.45, 2.75) is 39.3 Å². The molecule has 1 aliphatic rings. The minimum atomic E-state index is -0.193. The highest BCUT2D eigenvalue weighted by Crippen LogP contribution is 2.29. The Morgan fingerprint density at radius 1 is 1.35 bits per heavy atom. The first-order valence-corrected chi connectivity index (χ1v) is 8.26. The van der Waals surface area contributed by atoms with Crippen LogP contribution in [0.1, 0.15) is 32.5 Å². The van der Waals surface area contributed by atoms with Crippen LogP contribution >= 0.6 is 0 Å². The number of fused-ring (bicyclic) bond motifs is 3. The highest BCUT2D eigenvalue weighted by Gasteiger charge is 2.30. The fraction of sp³-hybridized carbons (Fsp3) is 0.444. The van der Waals surface area contributed by atoms with Crippen LogP contribution in [0.25, 0.3) is 22.1 Å². The van der Waals surface area contributed by atoms with Crippen molar-refractivity contribution in [3.8, 4) is 0 Å². The molecule has 1 fully saturated rings. The molecular formula is C18H21N3O2. The monoisotopic (exact) mass is 311 g/mol. The maximum atomic E-state index is 12.4. The summed E-state index contributed by atoms with van der Waals surface area (Å²) in [5.74, 6) is 1.32. The zero-order valence-electron chi connectivity index (χ0n) is 13.5. The number of nitrogens with zero attached hydrogens (tertiary/aromatic N) is 2. The second kappa shape index (κ2) is 5.49. The second-order valence-electron chi connectivity index (χ2n) is 6.84. The molecule has 0 radical (unpaired) electrons. The minimum Gasteiger partial charge on any atom is -0.449 e. The van der Waals surface area contributed by atoms with E-state index in [4.69, 9.17) is 9.40 Å². The van der Waals surface area contributed by atoms with Crippen molar-refractivity contribution in [3.63, 3.8) is 0 Å². The summed E-state index contributed by atoms with van der Waals surface area (Å²) in [6.07, 6.45) is 2.49. The average molecular weight is 311 g/mol. The van der Waals surface area contributed by atoms with Crippen molar-refractivity contribution in [2.75, 3.05) is 6.54 Å². The first-order chi connectivity index (χ1) is 11.1.